The Hall–Kier alpha value is -2.46. The second kappa shape index (κ2) is 4.82. The van der Waals surface area contributed by atoms with Gasteiger partial charge in [0, 0.05) is 17.7 Å². The molecule has 2 heterocycles. The molecule has 2 aromatic carbocycles. The Morgan fingerprint density at radius 3 is 2.62 bits per heavy atom. The average molecular weight is 276 g/mol. The number of hydrogen-bond donors (Lipinski definition) is 1. The molecule has 4 nitrogen and oxygen atoms in total. The molecule has 0 fully saturated rings. The molecule has 0 aromatic heterocycles. The van der Waals surface area contributed by atoms with Crippen LogP contribution in [-0.4, -0.2) is 30.8 Å². The number of amidine groups is 1. The standard InChI is InChI=1S/C17H16N4/c18-16-17-19-10-11-21(17)14-9-5-4-8-13(14)15(20-16)12-6-2-1-3-7-12/h1-9,16H,10-11,18H2/t16-/m0/s1. The topological polar surface area (TPSA) is 54.0 Å². The lowest BCUT2D eigenvalue weighted by atomic mass is 10.0. The number of rotatable bonds is 1. The number of benzene rings is 2. The molecule has 0 saturated carbocycles. The molecule has 2 aliphatic heterocycles. The van der Waals surface area contributed by atoms with Crippen molar-refractivity contribution in [3.63, 3.8) is 0 Å². The van der Waals surface area contributed by atoms with Crippen LogP contribution >= 0.6 is 0 Å². The number of hydrogen-bond acceptors (Lipinski definition) is 4. The van der Waals surface area contributed by atoms with Crippen molar-refractivity contribution in [2.24, 2.45) is 15.7 Å². The van der Waals surface area contributed by atoms with Gasteiger partial charge in [0.25, 0.3) is 0 Å². The van der Waals surface area contributed by atoms with Crippen LogP contribution in [0.5, 0.6) is 0 Å². The van der Waals surface area contributed by atoms with Gasteiger partial charge in [0.2, 0.25) is 0 Å². The van der Waals surface area contributed by atoms with E-state index in [0.29, 0.717) is 0 Å². The summed E-state index contributed by atoms with van der Waals surface area (Å²) in [4.78, 5) is 11.5. The Labute approximate surface area is 123 Å². The van der Waals surface area contributed by atoms with Crippen molar-refractivity contribution < 1.29 is 0 Å². The minimum Gasteiger partial charge on any atom is -0.325 e. The van der Waals surface area contributed by atoms with Crippen LogP contribution in [-0.2, 0) is 0 Å². The predicted molar refractivity (Wildman–Crippen MR) is 86.1 cm³/mol. The van der Waals surface area contributed by atoms with Crippen molar-refractivity contribution in [2.75, 3.05) is 18.0 Å². The predicted octanol–water partition coefficient (Wildman–Crippen LogP) is 2.04. The van der Waals surface area contributed by atoms with Crippen molar-refractivity contribution in [2.45, 2.75) is 6.17 Å². The molecule has 4 heteroatoms. The molecular formula is C17H16N4. The molecule has 0 saturated heterocycles. The molecule has 0 aliphatic carbocycles. The van der Waals surface area contributed by atoms with E-state index in [1.165, 1.54) is 0 Å². The van der Waals surface area contributed by atoms with E-state index in [-0.39, 0.29) is 0 Å². The average Bonchev–Trinajstić information content (AvgIpc) is 2.99. The lowest BCUT2D eigenvalue weighted by Crippen LogP contribution is -2.39. The summed E-state index contributed by atoms with van der Waals surface area (Å²) in [6.07, 6.45) is -0.407. The molecule has 0 radical (unpaired) electrons. The van der Waals surface area contributed by atoms with E-state index in [4.69, 9.17) is 10.7 Å². The normalized spacial score (nSPS) is 20.2. The van der Waals surface area contributed by atoms with Crippen LogP contribution in [0.25, 0.3) is 0 Å². The van der Waals surface area contributed by atoms with Gasteiger partial charge in [-0.15, -0.1) is 0 Å². The zero-order valence-corrected chi connectivity index (χ0v) is 11.6. The first-order chi connectivity index (χ1) is 10.3. The van der Waals surface area contributed by atoms with Crippen molar-refractivity contribution >= 4 is 17.2 Å². The Balaban J connectivity index is 1.96. The number of fused-ring (bicyclic) bond motifs is 3. The number of para-hydroxylation sites is 1. The van der Waals surface area contributed by atoms with Crippen molar-refractivity contribution in [1.29, 1.82) is 0 Å². The molecule has 21 heavy (non-hydrogen) atoms. The molecule has 1 atom stereocenters. The number of anilines is 1. The van der Waals surface area contributed by atoms with Crippen molar-refractivity contribution in [3.05, 3.63) is 65.7 Å². The lowest BCUT2D eigenvalue weighted by molar-refractivity contribution is 0.909. The van der Waals surface area contributed by atoms with Crippen LogP contribution < -0.4 is 10.6 Å². The van der Waals surface area contributed by atoms with Crippen LogP contribution in [0.3, 0.4) is 0 Å². The Bertz CT molecular complexity index is 733. The zero-order valence-electron chi connectivity index (χ0n) is 11.6. The summed E-state index contributed by atoms with van der Waals surface area (Å²) in [5.74, 6) is 0.869. The van der Waals surface area contributed by atoms with Gasteiger partial charge < -0.3 is 10.6 Å². The highest BCUT2D eigenvalue weighted by Gasteiger charge is 2.30. The lowest BCUT2D eigenvalue weighted by Gasteiger charge is -2.21. The van der Waals surface area contributed by atoms with Gasteiger partial charge in [-0.2, -0.15) is 0 Å². The second-order valence-electron chi connectivity index (χ2n) is 5.20. The van der Waals surface area contributed by atoms with E-state index in [2.05, 4.69) is 34.2 Å². The highest BCUT2D eigenvalue weighted by molar-refractivity contribution is 6.21. The summed E-state index contributed by atoms with van der Waals surface area (Å²) in [6, 6.07) is 18.5. The maximum atomic E-state index is 6.27. The van der Waals surface area contributed by atoms with E-state index in [0.717, 1.165) is 41.5 Å². The Morgan fingerprint density at radius 2 is 1.76 bits per heavy atom. The van der Waals surface area contributed by atoms with Gasteiger partial charge in [-0.3, -0.25) is 9.98 Å². The summed E-state index contributed by atoms with van der Waals surface area (Å²) >= 11 is 0. The smallest absolute Gasteiger partial charge is 0.156 e. The summed E-state index contributed by atoms with van der Waals surface area (Å²) in [7, 11) is 0. The number of aliphatic imine (C=N–C) groups is 2. The summed E-state index contributed by atoms with van der Waals surface area (Å²) < 4.78 is 0. The molecular weight excluding hydrogens is 260 g/mol. The van der Waals surface area contributed by atoms with Crippen LogP contribution in [0, 0.1) is 0 Å². The van der Waals surface area contributed by atoms with Gasteiger partial charge in [0.1, 0.15) is 5.84 Å². The molecule has 2 aliphatic rings. The van der Waals surface area contributed by atoms with Crippen LogP contribution in [0.4, 0.5) is 5.69 Å². The van der Waals surface area contributed by atoms with Gasteiger partial charge in [-0.25, -0.2) is 0 Å². The highest BCUT2D eigenvalue weighted by Crippen LogP contribution is 2.29. The molecule has 4 rings (SSSR count). The monoisotopic (exact) mass is 276 g/mol. The van der Waals surface area contributed by atoms with Gasteiger partial charge in [-0.1, -0.05) is 48.5 Å². The van der Waals surface area contributed by atoms with E-state index in [9.17, 15) is 0 Å². The summed E-state index contributed by atoms with van der Waals surface area (Å²) in [5, 5.41) is 0. The van der Waals surface area contributed by atoms with E-state index in [1.807, 2.05) is 30.3 Å². The first-order valence-electron chi connectivity index (χ1n) is 7.15. The minimum atomic E-state index is -0.407. The van der Waals surface area contributed by atoms with E-state index < -0.39 is 6.17 Å². The van der Waals surface area contributed by atoms with E-state index >= 15 is 0 Å². The maximum Gasteiger partial charge on any atom is 0.156 e. The largest absolute Gasteiger partial charge is 0.325 e. The first-order valence-corrected chi connectivity index (χ1v) is 7.15. The van der Waals surface area contributed by atoms with Gasteiger partial charge in [-0.05, 0) is 6.07 Å². The Kier molecular flexibility index (Phi) is 2.82. The molecule has 2 aromatic rings. The Morgan fingerprint density at radius 1 is 1.00 bits per heavy atom. The maximum absolute atomic E-state index is 6.27. The fourth-order valence-electron chi connectivity index (χ4n) is 2.96. The van der Waals surface area contributed by atoms with Crippen molar-refractivity contribution in [3.8, 4) is 0 Å². The van der Waals surface area contributed by atoms with Gasteiger partial charge in [0.05, 0.1) is 17.9 Å². The molecule has 0 amide bonds. The first kappa shape index (κ1) is 12.3. The van der Waals surface area contributed by atoms with Gasteiger partial charge >= 0.3 is 0 Å². The van der Waals surface area contributed by atoms with E-state index in [1.54, 1.807) is 0 Å². The molecule has 0 spiro atoms. The SMILES string of the molecule is N[C@H]1N=C(c2ccccc2)c2ccccc2N2CCN=C12. The minimum absolute atomic E-state index is 0.407. The molecule has 0 bridgehead atoms. The van der Waals surface area contributed by atoms with Crippen LogP contribution in [0.15, 0.2) is 64.6 Å². The van der Waals surface area contributed by atoms with Crippen LogP contribution in [0.2, 0.25) is 0 Å². The fourth-order valence-corrected chi connectivity index (χ4v) is 2.96. The highest BCUT2D eigenvalue weighted by atomic mass is 15.3. The molecule has 2 N–H and O–H groups in total. The summed E-state index contributed by atoms with van der Waals surface area (Å²) in [5.41, 5.74) is 10.6. The third-order valence-corrected chi connectivity index (χ3v) is 3.90. The number of nitrogens with zero attached hydrogens (tertiary/aromatic N) is 3. The zero-order chi connectivity index (χ0) is 14.2. The third-order valence-electron chi connectivity index (χ3n) is 3.90. The quantitative estimate of drug-likeness (QED) is 0.866. The van der Waals surface area contributed by atoms with Crippen molar-refractivity contribution in [1.82, 2.24) is 0 Å². The molecule has 0 unspecified atom stereocenters. The number of nitrogens with two attached hydrogens (primary N) is 1. The fraction of sp³-hybridized carbons (Fsp3) is 0.176. The second-order valence-corrected chi connectivity index (χ2v) is 5.20. The third kappa shape index (κ3) is 1.96. The molecule has 104 valence electrons. The van der Waals surface area contributed by atoms with Crippen LogP contribution in [0.1, 0.15) is 11.1 Å². The van der Waals surface area contributed by atoms with Gasteiger partial charge in [0.15, 0.2) is 6.17 Å². The summed E-state index contributed by atoms with van der Waals surface area (Å²) in [6.45, 7) is 1.66.